The van der Waals surface area contributed by atoms with E-state index in [1.807, 2.05) is 31.2 Å². The van der Waals surface area contributed by atoms with Crippen LogP contribution in [-0.2, 0) is 9.84 Å². The second-order valence-corrected chi connectivity index (χ2v) is 7.14. The molecule has 0 aliphatic rings. The Balaban J connectivity index is 2.64. The van der Waals surface area contributed by atoms with E-state index in [0.29, 0.717) is 13.0 Å². The second kappa shape index (κ2) is 8.27. The maximum absolute atomic E-state index is 11.2. The lowest BCUT2D eigenvalue weighted by molar-refractivity contribution is 0.340. The largest absolute Gasteiger partial charge is 0.494 e. The molecule has 0 spiro atoms. The molecule has 20 heavy (non-hydrogen) atoms. The third-order valence-electron chi connectivity index (χ3n) is 3.05. The van der Waals surface area contributed by atoms with Crippen LogP contribution in [0.2, 0.25) is 0 Å². The minimum Gasteiger partial charge on any atom is -0.494 e. The Morgan fingerprint density at radius 3 is 2.35 bits per heavy atom. The lowest BCUT2D eigenvalue weighted by Crippen LogP contribution is -2.21. The highest BCUT2D eigenvalue weighted by Gasteiger charge is 2.12. The SMILES string of the molecule is CCNC(CCCS(C)(=O)=O)c1ccc(OCC)cc1. The van der Waals surface area contributed by atoms with Gasteiger partial charge in [-0.2, -0.15) is 0 Å². The molecule has 1 aromatic carbocycles. The maximum Gasteiger partial charge on any atom is 0.147 e. The van der Waals surface area contributed by atoms with Crippen LogP contribution in [0, 0.1) is 0 Å². The van der Waals surface area contributed by atoms with E-state index in [4.69, 9.17) is 4.74 Å². The van der Waals surface area contributed by atoms with E-state index in [1.54, 1.807) is 0 Å². The monoisotopic (exact) mass is 299 g/mol. The van der Waals surface area contributed by atoms with Crippen molar-refractivity contribution in [2.75, 3.05) is 25.2 Å². The molecular weight excluding hydrogens is 274 g/mol. The van der Waals surface area contributed by atoms with Crippen LogP contribution in [0.1, 0.15) is 38.3 Å². The average Bonchev–Trinajstić information content (AvgIpc) is 2.38. The summed E-state index contributed by atoms with van der Waals surface area (Å²) in [4.78, 5) is 0. The number of rotatable bonds is 9. The molecule has 0 bridgehead atoms. The summed E-state index contributed by atoms with van der Waals surface area (Å²) in [5.74, 6) is 1.11. The lowest BCUT2D eigenvalue weighted by Gasteiger charge is -2.18. The van der Waals surface area contributed by atoms with Gasteiger partial charge in [0.15, 0.2) is 0 Å². The maximum atomic E-state index is 11.2. The molecule has 0 saturated carbocycles. The van der Waals surface area contributed by atoms with Crippen LogP contribution in [0.25, 0.3) is 0 Å². The van der Waals surface area contributed by atoms with Crippen molar-refractivity contribution >= 4 is 9.84 Å². The molecule has 114 valence electrons. The fourth-order valence-electron chi connectivity index (χ4n) is 2.15. The summed E-state index contributed by atoms with van der Waals surface area (Å²) in [5, 5.41) is 3.40. The molecule has 0 saturated heterocycles. The molecule has 0 aliphatic carbocycles. The standard InChI is InChI=1S/C15H25NO3S/c1-4-16-15(7-6-12-20(3,17)18)13-8-10-14(11-9-13)19-5-2/h8-11,15-16H,4-7,12H2,1-3H3. The minimum absolute atomic E-state index is 0.192. The van der Waals surface area contributed by atoms with Crippen molar-refractivity contribution in [3.63, 3.8) is 0 Å². The summed E-state index contributed by atoms with van der Waals surface area (Å²) < 4.78 is 27.8. The summed E-state index contributed by atoms with van der Waals surface area (Å²) in [6, 6.07) is 8.19. The highest BCUT2D eigenvalue weighted by molar-refractivity contribution is 7.90. The van der Waals surface area contributed by atoms with Gasteiger partial charge < -0.3 is 10.1 Å². The van der Waals surface area contributed by atoms with Gasteiger partial charge in [0, 0.05) is 18.1 Å². The number of sulfone groups is 1. The van der Waals surface area contributed by atoms with Crippen molar-refractivity contribution in [3.8, 4) is 5.75 Å². The predicted octanol–water partition coefficient (Wildman–Crippen LogP) is 2.56. The number of benzene rings is 1. The molecule has 5 heteroatoms. The van der Waals surface area contributed by atoms with Crippen molar-refractivity contribution in [1.29, 1.82) is 0 Å². The zero-order valence-corrected chi connectivity index (χ0v) is 13.4. The molecule has 1 N–H and O–H groups in total. The van der Waals surface area contributed by atoms with Gasteiger partial charge in [0.2, 0.25) is 0 Å². The first kappa shape index (κ1) is 17.0. The van der Waals surface area contributed by atoms with Crippen molar-refractivity contribution in [3.05, 3.63) is 29.8 Å². The zero-order chi connectivity index (χ0) is 15.0. The van der Waals surface area contributed by atoms with Gasteiger partial charge in [0.05, 0.1) is 6.61 Å². The van der Waals surface area contributed by atoms with Crippen LogP contribution in [0.4, 0.5) is 0 Å². The topological polar surface area (TPSA) is 55.4 Å². The normalized spacial score (nSPS) is 13.2. The Morgan fingerprint density at radius 2 is 1.85 bits per heavy atom. The Labute approximate surface area is 122 Å². The second-order valence-electron chi connectivity index (χ2n) is 4.88. The summed E-state index contributed by atoms with van der Waals surface area (Å²) >= 11 is 0. The summed E-state index contributed by atoms with van der Waals surface area (Å²) in [6.07, 6.45) is 2.77. The van der Waals surface area contributed by atoms with Gasteiger partial charge in [-0.15, -0.1) is 0 Å². The highest BCUT2D eigenvalue weighted by Crippen LogP contribution is 2.21. The third-order valence-corrected chi connectivity index (χ3v) is 4.08. The summed E-state index contributed by atoms with van der Waals surface area (Å²) in [5.41, 5.74) is 1.17. The van der Waals surface area contributed by atoms with Crippen molar-refractivity contribution in [2.45, 2.75) is 32.7 Å². The van der Waals surface area contributed by atoms with Gasteiger partial charge in [-0.3, -0.25) is 0 Å². The third kappa shape index (κ3) is 6.39. The smallest absolute Gasteiger partial charge is 0.147 e. The number of ether oxygens (including phenoxy) is 1. The van der Waals surface area contributed by atoms with E-state index in [-0.39, 0.29) is 11.8 Å². The van der Waals surface area contributed by atoms with Crippen molar-refractivity contribution < 1.29 is 13.2 Å². The molecule has 0 amide bonds. The van der Waals surface area contributed by atoms with Crippen molar-refractivity contribution in [2.24, 2.45) is 0 Å². The van der Waals surface area contributed by atoms with E-state index >= 15 is 0 Å². The molecule has 1 unspecified atom stereocenters. The number of nitrogens with one attached hydrogen (secondary N) is 1. The van der Waals surface area contributed by atoms with E-state index in [9.17, 15) is 8.42 Å². The fourth-order valence-corrected chi connectivity index (χ4v) is 2.84. The van der Waals surface area contributed by atoms with E-state index in [1.165, 1.54) is 11.8 Å². The van der Waals surface area contributed by atoms with Crippen LogP contribution in [-0.4, -0.2) is 33.6 Å². The first-order valence-electron chi connectivity index (χ1n) is 7.10. The predicted molar refractivity (Wildman–Crippen MR) is 83.0 cm³/mol. The number of hydrogen-bond acceptors (Lipinski definition) is 4. The Bertz CT molecular complexity index is 482. The Kier molecular flexibility index (Phi) is 7.02. The highest BCUT2D eigenvalue weighted by atomic mass is 32.2. The van der Waals surface area contributed by atoms with Crippen LogP contribution >= 0.6 is 0 Å². The molecule has 1 rings (SSSR count). The molecule has 0 aromatic heterocycles. The van der Waals surface area contributed by atoms with Crippen molar-refractivity contribution in [1.82, 2.24) is 5.32 Å². The van der Waals surface area contributed by atoms with Crippen LogP contribution in [0.3, 0.4) is 0 Å². The molecule has 1 aromatic rings. The van der Waals surface area contributed by atoms with Gasteiger partial charge >= 0.3 is 0 Å². The first-order valence-corrected chi connectivity index (χ1v) is 9.16. The van der Waals surface area contributed by atoms with Crippen LogP contribution < -0.4 is 10.1 Å². The quantitative estimate of drug-likeness (QED) is 0.761. The average molecular weight is 299 g/mol. The molecule has 0 heterocycles. The molecule has 0 fully saturated rings. The minimum atomic E-state index is -2.88. The summed E-state index contributed by atoms with van der Waals surface area (Å²) in [7, 11) is -2.88. The van der Waals surface area contributed by atoms with E-state index in [2.05, 4.69) is 12.2 Å². The molecule has 1 atom stereocenters. The Morgan fingerprint density at radius 1 is 1.20 bits per heavy atom. The van der Waals surface area contributed by atoms with E-state index in [0.717, 1.165) is 18.7 Å². The molecule has 0 radical (unpaired) electrons. The van der Waals surface area contributed by atoms with Gasteiger partial charge in [0.25, 0.3) is 0 Å². The summed E-state index contributed by atoms with van der Waals surface area (Å²) in [6.45, 7) is 5.53. The number of hydrogen-bond donors (Lipinski definition) is 1. The molecule has 0 aliphatic heterocycles. The first-order chi connectivity index (χ1) is 9.46. The van der Waals surface area contributed by atoms with Crippen LogP contribution in [0.5, 0.6) is 5.75 Å². The molecular formula is C15H25NO3S. The van der Waals surface area contributed by atoms with Crippen LogP contribution in [0.15, 0.2) is 24.3 Å². The lowest BCUT2D eigenvalue weighted by atomic mass is 10.0. The van der Waals surface area contributed by atoms with Gasteiger partial charge in [-0.05, 0) is 44.0 Å². The Hall–Kier alpha value is -1.07. The van der Waals surface area contributed by atoms with E-state index < -0.39 is 9.84 Å². The van der Waals surface area contributed by atoms with Gasteiger partial charge in [-0.25, -0.2) is 8.42 Å². The van der Waals surface area contributed by atoms with Gasteiger partial charge in [-0.1, -0.05) is 19.1 Å². The zero-order valence-electron chi connectivity index (χ0n) is 12.6. The van der Waals surface area contributed by atoms with Gasteiger partial charge in [0.1, 0.15) is 15.6 Å². The fraction of sp³-hybridized carbons (Fsp3) is 0.600. The molecule has 4 nitrogen and oxygen atoms in total.